The molecule has 2 rings (SSSR count). The summed E-state index contributed by atoms with van der Waals surface area (Å²) in [6.07, 6.45) is 1.50. The second-order valence-electron chi connectivity index (χ2n) is 4.32. The number of pyridine rings is 1. The molecule has 0 radical (unpaired) electrons. The predicted octanol–water partition coefficient (Wildman–Crippen LogP) is 2.63. The van der Waals surface area contributed by atoms with Gasteiger partial charge in [-0.25, -0.2) is 4.98 Å². The van der Waals surface area contributed by atoms with Gasteiger partial charge in [-0.1, -0.05) is 0 Å². The minimum absolute atomic E-state index is 0.285. The molecule has 1 amide bonds. The van der Waals surface area contributed by atoms with E-state index in [-0.39, 0.29) is 5.56 Å². The minimum atomic E-state index is -0.570. The van der Waals surface area contributed by atoms with Gasteiger partial charge >= 0.3 is 0 Å². The number of nitrogen functional groups attached to an aromatic ring is 1. The first-order chi connectivity index (χ1) is 9.92. The highest BCUT2D eigenvalue weighted by Crippen LogP contribution is 2.34. The Morgan fingerprint density at radius 3 is 2.57 bits per heavy atom. The molecule has 0 bridgehead atoms. The maximum atomic E-state index is 11.3. The number of carbonyl (C=O) groups is 1. The van der Waals surface area contributed by atoms with E-state index < -0.39 is 5.91 Å². The number of ether oxygens (including phenoxy) is 2. The Kier molecular flexibility index (Phi) is 4.32. The summed E-state index contributed by atoms with van der Waals surface area (Å²) < 4.78 is 11.4. The summed E-state index contributed by atoms with van der Waals surface area (Å²) in [6.45, 7) is 1.84. The van der Waals surface area contributed by atoms with Gasteiger partial charge in [0.25, 0.3) is 0 Å². The van der Waals surface area contributed by atoms with E-state index in [4.69, 9.17) is 20.9 Å². The topological polar surface area (TPSA) is 100 Å². The fourth-order valence-electron chi connectivity index (χ4n) is 1.64. The van der Waals surface area contributed by atoms with Gasteiger partial charge in [0.05, 0.1) is 23.5 Å². The van der Waals surface area contributed by atoms with Crippen molar-refractivity contribution in [3.8, 4) is 17.4 Å². The summed E-state index contributed by atoms with van der Waals surface area (Å²) in [5.41, 5.74) is 12.7. The van der Waals surface area contributed by atoms with Crippen LogP contribution in [0.4, 0.5) is 5.69 Å². The number of primary amides is 1. The molecule has 0 saturated carbocycles. The summed E-state index contributed by atoms with van der Waals surface area (Å²) >= 11 is 3.38. The molecule has 0 spiro atoms. The summed E-state index contributed by atoms with van der Waals surface area (Å²) in [7, 11) is 1.49. The van der Waals surface area contributed by atoms with Crippen LogP contribution in [0.5, 0.6) is 17.4 Å². The standard InChI is InChI=1S/C14H14BrN3O3/c1-7-11(16)6-18-14(12(7)15)21-10-4-8(13(17)19)3-9(5-10)20-2/h3-6H,16H2,1-2H3,(H2,17,19). The molecule has 2 aromatic rings. The van der Waals surface area contributed by atoms with Crippen molar-refractivity contribution in [3.63, 3.8) is 0 Å². The highest BCUT2D eigenvalue weighted by atomic mass is 79.9. The number of amides is 1. The summed E-state index contributed by atoms with van der Waals surface area (Å²) in [4.78, 5) is 15.4. The van der Waals surface area contributed by atoms with Crippen molar-refractivity contribution in [1.29, 1.82) is 0 Å². The van der Waals surface area contributed by atoms with Gasteiger partial charge in [-0.3, -0.25) is 4.79 Å². The number of anilines is 1. The molecule has 110 valence electrons. The SMILES string of the molecule is COc1cc(Oc2ncc(N)c(C)c2Br)cc(C(N)=O)c1. The van der Waals surface area contributed by atoms with Crippen LogP contribution in [-0.4, -0.2) is 18.0 Å². The van der Waals surface area contributed by atoms with Gasteiger partial charge in [0.2, 0.25) is 11.8 Å². The van der Waals surface area contributed by atoms with Crippen LogP contribution >= 0.6 is 15.9 Å². The Morgan fingerprint density at radius 2 is 1.95 bits per heavy atom. The number of benzene rings is 1. The fraction of sp³-hybridized carbons (Fsp3) is 0.143. The van der Waals surface area contributed by atoms with Gasteiger partial charge in [0.15, 0.2) is 0 Å². The van der Waals surface area contributed by atoms with Crippen molar-refractivity contribution in [2.24, 2.45) is 5.73 Å². The molecular weight excluding hydrogens is 338 g/mol. The molecule has 0 aliphatic rings. The molecule has 0 unspecified atom stereocenters. The third-order valence-electron chi connectivity index (χ3n) is 2.89. The van der Waals surface area contributed by atoms with Crippen molar-refractivity contribution < 1.29 is 14.3 Å². The highest BCUT2D eigenvalue weighted by molar-refractivity contribution is 9.10. The van der Waals surface area contributed by atoms with E-state index in [1.807, 2.05) is 6.92 Å². The zero-order valence-electron chi connectivity index (χ0n) is 11.5. The van der Waals surface area contributed by atoms with E-state index in [2.05, 4.69) is 20.9 Å². The first-order valence-electron chi connectivity index (χ1n) is 5.99. The van der Waals surface area contributed by atoms with Crippen LogP contribution in [-0.2, 0) is 0 Å². The third kappa shape index (κ3) is 3.25. The number of carbonyl (C=O) groups excluding carboxylic acids is 1. The van der Waals surface area contributed by atoms with E-state index in [0.29, 0.717) is 27.5 Å². The van der Waals surface area contributed by atoms with Crippen molar-refractivity contribution >= 4 is 27.5 Å². The Morgan fingerprint density at radius 1 is 1.29 bits per heavy atom. The number of hydrogen-bond donors (Lipinski definition) is 2. The molecule has 0 atom stereocenters. The van der Waals surface area contributed by atoms with Gasteiger partial charge < -0.3 is 20.9 Å². The zero-order valence-corrected chi connectivity index (χ0v) is 13.1. The van der Waals surface area contributed by atoms with Crippen LogP contribution in [0.15, 0.2) is 28.9 Å². The van der Waals surface area contributed by atoms with Crippen LogP contribution in [0.25, 0.3) is 0 Å². The first kappa shape index (κ1) is 15.1. The van der Waals surface area contributed by atoms with Gasteiger partial charge in [0.1, 0.15) is 11.5 Å². The van der Waals surface area contributed by atoms with Gasteiger partial charge in [-0.05, 0) is 40.5 Å². The molecule has 0 aliphatic carbocycles. The summed E-state index contributed by atoms with van der Waals surface area (Å²) in [5.74, 6) is 0.620. The smallest absolute Gasteiger partial charge is 0.248 e. The Balaban J connectivity index is 2.42. The molecule has 0 aliphatic heterocycles. The zero-order chi connectivity index (χ0) is 15.6. The van der Waals surface area contributed by atoms with Crippen LogP contribution in [0, 0.1) is 6.92 Å². The number of nitrogens with zero attached hydrogens (tertiary/aromatic N) is 1. The molecular formula is C14H14BrN3O3. The van der Waals surface area contributed by atoms with Crippen molar-refractivity contribution in [1.82, 2.24) is 4.98 Å². The number of hydrogen-bond acceptors (Lipinski definition) is 5. The Labute approximate surface area is 130 Å². The van der Waals surface area contributed by atoms with Crippen molar-refractivity contribution in [2.45, 2.75) is 6.92 Å². The summed E-state index contributed by atoms with van der Waals surface area (Å²) in [6, 6.07) is 4.68. The largest absolute Gasteiger partial charge is 0.497 e. The molecule has 7 heteroatoms. The number of rotatable bonds is 4. The predicted molar refractivity (Wildman–Crippen MR) is 82.7 cm³/mol. The number of methoxy groups -OCH3 is 1. The molecule has 0 fully saturated rings. The molecule has 1 heterocycles. The van der Waals surface area contributed by atoms with Crippen LogP contribution in [0.1, 0.15) is 15.9 Å². The lowest BCUT2D eigenvalue weighted by atomic mass is 10.2. The normalized spacial score (nSPS) is 10.2. The summed E-state index contributed by atoms with van der Waals surface area (Å²) in [5, 5.41) is 0. The maximum absolute atomic E-state index is 11.3. The van der Waals surface area contributed by atoms with E-state index in [0.717, 1.165) is 5.56 Å². The van der Waals surface area contributed by atoms with E-state index in [1.54, 1.807) is 6.07 Å². The van der Waals surface area contributed by atoms with Crippen molar-refractivity contribution in [3.05, 3.63) is 40.0 Å². The van der Waals surface area contributed by atoms with Gasteiger partial charge in [-0.15, -0.1) is 0 Å². The lowest BCUT2D eigenvalue weighted by molar-refractivity contribution is 0.0999. The highest BCUT2D eigenvalue weighted by Gasteiger charge is 2.12. The van der Waals surface area contributed by atoms with E-state index in [9.17, 15) is 4.79 Å². The quantitative estimate of drug-likeness (QED) is 0.881. The monoisotopic (exact) mass is 351 g/mol. The van der Waals surface area contributed by atoms with Crippen LogP contribution < -0.4 is 20.9 Å². The first-order valence-corrected chi connectivity index (χ1v) is 6.79. The van der Waals surface area contributed by atoms with Crippen LogP contribution in [0.3, 0.4) is 0 Å². The molecule has 6 nitrogen and oxygen atoms in total. The molecule has 4 N–H and O–H groups in total. The number of aromatic nitrogens is 1. The fourth-order valence-corrected chi connectivity index (χ4v) is 2.05. The van der Waals surface area contributed by atoms with E-state index in [1.165, 1.54) is 25.4 Å². The molecule has 0 saturated heterocycles. The average molecular weight is 352 g/mol. The van der Waals surface area contributed by atoms with E-state index >= 15 is 0 Å². The second kappa shape index (κ2) is 6.01. The number of nitrogens with two attached hydrogens (primary N) is 2. The maximum Gasteiger partial charge on any atom is 0.248 e. The van der Waals surface area contributed by atoms with Gasteiger partial charge in [-0.2, -0.15) is 0 Å². The lowest BCUT2D eigenvalue weighted by Gasteiger charge is -2.11. The molecule has 1 aromatic carbocycles. The van der Waals surface area contributed by atoms with Crippen LogP contribution in [0.2, 0.25) is 0 Å². The lowest BCUT2D eigenvalue weighted by Crippen LogP contribution is -2.11. The minimum Gasteiger partial charge on any atom is -0.497 e. The second-order valence-corrected chi connectivity index (χ2v) is 5.11. The Bertz CT molecular complexity index is 704. The Hall–Kier alpha value is -2.28. The average Bonchev–Trinajstić information content (AvgIpc) is 2.47. The molecule has 21 heavy (non-hydrogen) atoms. The van der Waals surface area contributed by atoms with Crippen molar-refractivity contribution in [2.75, 3.05) is 12.8 Å². The van der Waals surface area contributed by atoms with Gasteiger partial charge in [0, 0.05) is 11.6 Å². The third-order valence-corrected chi connectivity index (χ3v) is 3.82. The molecule has 1 aromatic heterocycles. The number of halogens is 1.